The summed E-state index contributed by atoms with van der Waals surface area (Å²) >= 11 is 0. The summed E-state index contributed by atoms with van der Waals surface area (Å²) < 4.78 is 33.8. The molecule has 174 valence electrons. The number of carbonyl (C=O) groups excluding carboxylic acids is 1. The number of carbonyl (C=O) groups is 1. The number of nitrogens with one attached hydrogen (secondary N) is 2. The van der Waals surface area contributed by atoms with Crippen LogP contribution in [0.3, 0.4) is 0 Å². The van der Waals surface area contributed by atoms with E-state index in [9.17, 15) is 13.2 Å². The zero-order valence-electron chi connectivity index (χ0n) is 19.7. The molecular formula is C26H30N2O4S. The Morgan fingerprint density at radius 1 is 0.818 bits per heavy atom. The predicted octanol–water partition coefficient (Wildman–Crippen LogP) is 4.34. The van der Waals surface area contributed by atoms with Crippen molar-refractivity contribution in [2.75, 3.05) is 7.11 Å². The van der Waals surface area contributed by atoms with Gasteiger partial charge >= 0.3 is 0 Å². The average Bonchev–Trinajstić information content (AvgIpc) is 2.80. The van der Waals surface area contributed by atoms with Gasteiger partial charge in [0.15, 0.2) is 0 Å². The third-order valence-corrected chi connectivity index (χ3v) is 7.53. The molecule has 0 aliphatic carbocycles. The minimum absolute atomic E-state index is 0.141. The van der Waals surface area contributed by atoms with E-state index in [1.165, 1.54) is 0 Å². The van der Waals surface area contributed by atoms with Crippen LogP contribution < -0.4 is 14.8 Å². The molecule has 3 aromatic rings. The van der Waals surface area contributed by atoms with Gasteiger partial charge in [-0.3, -0.25) is 4.79 Å². The molecule has 6 nitrogen and oxygen atoms in total. The SMILES string of the molecule is COc1ccc(CNC(=O)c2ccc(CNS(=O)(=O)c3c(C)c(C)cc(C)c3C)cc2)cc1. The highest BCUT2D eigenvalue weighted by Crippen LogP contribution is 2.26. The summed E-state index contributed by atoms with van der Waals surface area (Å²) in [4.78, 5) is 12.8. The third-order valence-electron chi connectivity index (χ3n) is 5.86. The van der Waals surface area contributed by atoms with Crippen LogP contribution in [0.4, 0.5) is 0 Å². The molecule has 0 saturated carbocycles. The maximum absolute atomic E-state index is 13.0. The summed E-state index contributed by atoms with van der Waals surface area (Å²) in [5.74, 6) is 0.568. The highest BCUT2D eigenvalue weighted by molar-refractivity contribution is 7.89. The molecule has 0 aromatic heterocycles. The number of aryl methyl sites for hydroxylation is 2. The van der Waals surface area contributed by atoms with Gasteiger partial charge < -0.3 is 10.1 Å². The number of hydrogen-bond acceptors (Lipinski definition) is 4. The first kappa shape index (κ1) is 24.5. The molecule has 0 unspecified atom stereocenters. The molecular weight excluding hydrogens is 436 g/mol. The van der Waals surface area contributed by atoms with E-state index in [0.29, 0.717) is 17.0 Å². The number of rotatable bonds is 8. The molecule has 0 spiro atoms. The maximum Gasteiger partial charge on any atom is 0.251 e. The fourth-order valence-corrected chi connectivity index (χ4v) is 5.27. The van der Waals surface area contributed by atoms with Crippen molar-refractivity contribution in [3.63, 3.8) is 0 Å². The summed E-state index contributed by atoms with van der Waals surface area (Å²) in [6, 6.07) is 16.4. The lowest BCUT2D eigenvalue weighted by Gasteiger charge is -2.16. The van der Waals surface area contributed by atoms with Gasteiger partial charge in [-0.1, -0.05) is 30.3 Å². The van der Waals surface area contributed by atoms with Crippen LogP contribution >= 0.6 is 0 Å². The van der Waals surface area contributed by atoms with Gasteiger partial charge in [0.05, 0.1) is 12.0 Å². The molecule has 0 aliphatic rings. The van der Waals surface area contributed by atoms with Crippen molar-refractivity contribution in [1.29, 1.82) is 0 Å². The molecule has 0 atom stereocenters. The lowest BCUT2D eigenvalue weighted by molar-refractivity contribution is 0.0951. The quantitative estimate of drug-likeness (QED) is 0.517. The molecule has 0 heterocycles. The van der Waals surface area contributed by atoms with Crippen molar-refractivity contribution < 1.29 is 17.9 Å². The van der Waals surface area contributed by atoms with Crippen LogP contribution in [0.25, 0.3) is 0 Å². The van der Waals surface area contributed by atoms with Crippen LogP contribution in [0.15, 0.2) is 59.5 Å². The molecule has 1 amide bonds. The molecule has 0 aliphatic heterocycles. The summed E-state index contributed by atoms with van der Waals surface area (Å²) in [5.41, 5.74) is 5.66. The van der Waals surface area contributed by atoms with E-state index >= 15 is 0 Å². The summed E-state index contributed by atoms with van der Waals surface area (Å²) in [5, 5.41) is 2.88. The standard InChI is InChI=1S/C26H30N2O4S/c1-17-14-18(2)20(4)25(19(17)3)33(30,31)28-16-22-6-10-23(11-7-22)26(29)27-15-21-8-12-24(32-5)13-9-21/h6-14,28H,15-16H2,1-5H3,(H,27,29). The highest BCUT2D eigenvalue weighted by Gasteiger charge is 2.21. The van der Waals surface area contributed by atoms with Gasteiger partial charge in [-0.2, -0.15) is 0 Å². The van der Waals surface area contributed by atoms with Crippen molar-refractivity contribution in [2.45, 2.75) is 45.7 Å². The Hall–Kier alpha value is -3.16. The van der Waals surface area contributed by atoms with Crippen molar-refractivity contribution in [1.82, 2.24) is 10.0 Å². The van der Waals surface area contributed by atoms with E-state index in [2.05, 4.69) is 10.0 Å². The van der Waals surface area contributed by atoms with Crippen LogP contribution in [-0.4, -0.2) is 21.4 Å². The Bertz CT molecular complexity index is 1220. The van der Waals surface area contributed by atoms with Gasteiger partial charge in [0.25, 0.3) is 5.91 Å². The second-order valence-corrected chi connectivity index (χ2v) is 9.85. The van der Waals surface area contributed by atoms with Crippen LogP contribution in [0.1, 0.15) is 43.7 Å². The molecule has 0 saturated heterocycles. The minimum atomic E-state index is -3.67. The zero-order valence-corrected chi connectivity index (χ0v) is 20.5. The van der Waals surface area contributed by atoms with E-state index in [4.69, 9.17) is 4.74 Å². The van der Waals surface area contributed by atoms with Gasteiger partial charge in [-0.25, -0.2) is 13.1 Å². The Kier molecular flexibility index (Phi) is 7.56. The Labute approximate surface area is 196 Å². The van der Waals surface area contributed by atoms with Crippen molar-refractivity contribution >= 4 is 15.9 Å². The van der Waals surface area contributed by atoms with Crippen molar-refractivity contribution in [3.8, 4) is 5.75 Å². The second kappa shape index (κ2) is 10.2. The Balaban J connectivity index is 1.63. The van der Waals surface area contributed by atoms with Crippen LogP contribution in [0, 0.1) is 27.7 Å². The third kappa shape index (κ3) is 5.80. The number of amides is 1. The monoisotopic (exact) mass is 466 g/mol. The first-order valence-electron chi connectivity index (χ1n) is 10.7. The van der Waals surface area contributed by atoms with E-state index in [-0.39, 0.29) is 12.5 Å². The first-order chi connectivity index (χ1) is 15.6. The Morgan fingerprint density at radius 3 is 1.88 bits per heavy atom. The van der Waals surface area contributed by atoms with Gasteiger partial charge in [-0.05, 0) is 85.3 Å². The first-order valence-corrected chi connectivity index (χ1v) is 12.2. The number of methoxy groups -OCH3 is 1. The van der Waals surface area contributed by atoms with Crippen LogP contribution in [-0.2, 0) is 23.1 Å². The van der Waals surface area contributed by atoms with E-state index in [1.807, 2.05) is 58.0 Å². The number of hydrogen-bond donors (Lipinski definition) is 2. The minimum Gasteiger partial charge on any atom is -0.497 e. The van der Waals surface area contributed by atoms with E-state index in [0.717, 1.165) is 39.1 Å². The van der Waals surface area contributed by atoms with Gasteiger partial charge in [0, 0.05) is 18.7 Å². The lowest BCUT2D eigenvalue weighted by Crippen LogP contribution is -2.25. The van der Waals surface area contributed by atoms with E-state index in [1.54, 1.807) is 31.4 Å². The smallest absolute Gasteiger partial charge is 0.251 e. The molecule has 2 N–H and O–H groups in total. The summed E-state index contributed by atoms with van der Waals surface area (Å²) in [7, 11) is -2.07. The van der Waals surface area contributed by atoms with Gasteiger partial charge in [-0.15, -0.1) is 0 Å². The molecule has 0 radical (unpaired) electrons. The van der Waals surface area contributed by atoms with E-state index < -0.39 is 10.0 Å². The number of sulfonamides is 1. The zero-order chi connectivity index (χ0) is 24.2. The molecule has 33 heavy (non-hydrogen) atoms. The molecule has 0 fully saturated rings. The predicted molar refractivity (Wildman–Crippen MR) is 130 cm³/mol. The lowest BCUT2D eigenvalue weighted by atomic mass is 10.0. The fraction of sp³-hybridized carbons (Fsp3) is 0.269. The van der Waals surface area contributed by atoms with Gasteiger partial charge in [0.1, 0.15) is 5.75 Å². The number of benzene rings is 3. The average molecular weight is 467 g/mol. The Morgan fingerprint density at radius 2 is 1.33 bits per heavy atom. The largest absolute Gasteiger partial charge is 0.497 e. The van der Waals surface area contributed by atoms with Gasteiger partial charge in [0.2, 0.25) is 10.0 Å². The molecule has 3 rings (SSSR count). The second-order valence-electron chi connectivity index (χ2n) is 8.14. The fourth-order valence-electron chi connectivity index (χ4n) is 3.64. The van der Waals surface area contributed by atoms with Crippen molar-refractivity contribution in [3.05, 3.63) is 93.5 Å². The maximum atomic E-state index is 13.0. The topological polar surface area (TPSA) is 84.5 Å². The number of ether oxygens (including phenoxy) is 1. The van der Waals surface area contributed by atoms with Crippen LogP contribution in [0.2, 0.25) is 0 Å². The summed E-state index contributed by atoms with van der Waals surface area (Å²) in [6.45, 7) is 8.03. The van der Waals surface area contributed by atoms with Crippen molar-refractivity contribution in [2.24, 2.45) is 0 Å². The molecule has 0 bridgehead atoms. The van der Waals surface area contributed by atoms with Crippen LogP contribution in [0.5, 0.6) is 5.75 Å². The molecule has 7 heteroatoms. The highest BCUT2D eigenvalue weighted by atomic mass is 32.2. The molecule has 3 aromatic carbocycles. The summed E-state index contributed by atoms with van der Waals surface area (Å²) in [6.07, 6.45) is 0. The normalized spacial score (nSPS) is 11.3.